The van der Waals surface area contributed by atoms with Crippen LogP contribution in [0.25, 0.3) is 11.3 Å². The summed E-state index contributed by atoms with van der Waals surface area (Å²) in [5.41, 5.74) is 1.97. The summed E-state index contributed by atoms with van der Waals surface area (Å²) in [7, 11) is 3.22. The molecule has 7 nitrogen and oxygen atoms in total. The number of aromatic nitrogens is 2. The van der Waals surface area contributed by atoms with E-state index in [1.165, 1.54) is 45.2 Å². The van der Waals surface area contributed by atoms with E-state index < -0.39 is 0 Å². The van der Waals surface area contributed by atoms with Crippen LogP contribution in [0.5, 0.6) is 11.5 Å². The fourth-order valence-corrected chi connectivity index (χ4v) is 4.80. The number of aromatic amines is 1. The summed E-state index contributed by atoms with van der Waals surface area (Å²) in [6.07, 6.45) is 7.85. The van der Waals surface area contributed by atoms with Crippen molar-refractivity contribution in [3.8, 4) is 22.8 Å². The molecule has 0 spiro atoms. The number of carbonyl (C=O) groups is 1. The van der Waals surface area contributed by atoms with E-state index in [1.54, 1.807) is 26.5 Å². The second-order valence-electron chi connectivity index (χ2n) is 7.94. The first-order chi connectivity index (χ1) is 14.2. The highest BCUT2D eigenvalue weighted by atomic mass is 16.5. The molecule has 156 valence electrons. The highest BCUT2D eigenvalue weighted by molar-refractivity contribution is 6.00. The number of amides is 1. The number of hydrogen-bond acceptors (Lipinski definition) is 5. The second-order valence-corrected chi connectivity index (χ2v) is 7.94. The van der Waals surface area contributed by atoms with E-state index in [2.05, 4.69) is 20.4 Å². The lowest BCUT2D eigenvalue weighted by atomic mass is 9.83. The number of H-pyrrole nitrogens is 1. The Bertz CT molecular complexity index is 848. The monoisotopic (exact) mass is 398 g/mol. The number of ether oxygens (including phenoxy) is 2. The van der Waals surface area contributed by atoms with Crippen LogP contribution in [-0.4, -0.2) is 60.9 Å². The van der Waals surface area contributed by atoms with Crippen LogP contribution in [0.2, 0.25) is 0 Å². The number of methoxy groups -OCH3 is 2. The molecule has 2 aliphatic heterocycles. The highest BCUT2D eigenvalue weighted by Gasteiger charge is 2.33. The SMILES string of the molecule is COc1ccc(-c2[nH]ncc2C(=O)NCC2CCCN3CCCCC23)c(OC)c1. The maximum absolute atomic E-state index is 13.0. The number of fused-ring (bicyclic) bond motifs is 1. The lowest BCUT2D eigenvalue weighted by molar-refractivity contribution is 0.0576. The molecule has 0 aliphatic carbocycles. The zero-order valence-corrected chi connectivity index (χ0v) is 17.2. The largest absolute Gasteiger partial charge is 0.497 e. The Morgan fingerprint density at radius 1 is 1.21 bits per heavy atom. The number of piperidine rings is 2. The van der Waals surface area contributed by atoms with Crippen molar-refractivity contribution in [1.82, 2.24) is 20.4 Å². The van der Waals surface area contributed by atoms with E-state index in [-0.39, 0.29) is 5.91 Å². The zero-order chi connectivity index (χ0) is 20.2. The normalized spacial score (nSPS) is 22.0. The fourth-order valence-electron chi connectivity index (χ4n) is 4.80. The third-order valence-corrected chi connectivity index (χ3v) is 6.32. The molecular weight excluding hydrogens is 368 g/mol. The Kier molecular flexibility index (Phi) is 6.04. The van der Waals surface area contributed by atoms with Crippen LogP contribution < -0.4 is 14.8 Å². The minimum absolute atomic E-state index is 0.0976. The summed E-state index contributed by atoms with van der Waals surface area (Å²) in [6, 6.07) is 6.14. The number of carbonyl (C=O) groups excluding carboxylic acids is 1. The molecule has 2 aliphatic rings. The van der Waals surface area contributed by atoms with Crippen molar-refractivity contribution >= 4 is 5.91 Å². The number of nitrogens with one attached hydrogen (secondary N) is 2. The maximum Gasteiger partial charge on any atom is 0.255 e. The van der Waals surface area contributed by atoms with Crippen molar-refractivity contribution < 1.29 is 14.3 Å². The van der Waals surface area contributed by atoms with Gasteiger partial charge in [-0.15, -0.1) is 0 Å². The van der Waals surface area contributed by atoms with Gasteiger partial charge in [-0.2, -0.15) is 5.10 Å². The molecule has 0 bridgehead atoms. The van der Waals surface area contributed by atoms with Gasteiger partial charge in [0.1, 0.15) is 11.5 Å². The fraction of sp³-hybridized carbons (Fsp3) is 0.545. The molecule has 29 heavy (non-hydrogen) atoms. The smallest absolute Gasteiger partial charge is 0.255 e. The Hall–Kier alpha value is -2.54. The summed E-state index contributed by atoms with van der Waals surface area (Å²) in [6.45, 7) is 3.13. The van der Waals surface area contributed by atoms with Gasteiger partial charge in [0.05, 0.1) is 31.7 Å². The lowest BCUT2D eigenvalue weighted by Gasteiger charge is -2.44. The minimum atomic E-state index is -0.0976. The van der Waals surface area contributed by atoms with Gasteiger partial charge in [0.25, 0.3) is 5.91 Å². The van der Waals surface area contributed by atoms with Gasteiger partial charge in [-0.1, -0.05) is 6.42 Å². The summed E-state index contributed by atoms with van der Waals surface area (Å²) in [4.78, 5) is 15.6. The molecule has 0 radical (unpaired) electrons. The Morgan fingerprint density at radius 3 is 2.90 bits per heavy atom. The van der Waals surface area contributed by atoms with Crippen molar-refractivity contribution in [3.63, 3.8) is 0 Å². The quantitative estimate of drug-likeness (QED) is 0.782. The van der Waals surface area contributed by atoms with Crippen molar-refractivity contribution in [2.75, 3.05) is 33.9 Å². The minimum Gasteiger partial charge on any atom is -0.497 e. The van der Waals surface area contributed by atoms with Crippen LogP contribution in [0, 0.1) is 5.92 Å². The maximum atomic E-state index is 13.0. The summed E-state index contributed by atoms with van der Waals surface area (Å²) < 4.78 is 10.8. The van der Waals surface area contributed by atoms with Crippen molar-refractivity contribution in [2.45, 2.75) is 38.1 Å². The second kappa shape index (κ2) is 8.86. The van der Waals surface area contributed by atoms with Gasteiger partial charge >= 0.3 is 0 Å². The van der Waals surface area contributed by atoms with Gasteiger partial charge in [-0.3, -0.25) is 9.89 Å². The van der Waals surface area contributed by atoms with Gasteiger partial charge in [0, 0.05) is 24.2 Å². The van der Waals surface area contributed by atoms with E-state index in [9.17, 15) is 4.79 Å². The first-order valence-electron chi connectivity index (χ1n) is 10.5. The van der Waals surface area contributed by atoms with Crippen LogP contribution in [0.1, 0.15) is 42.5 Å². The standard InChI is InChI=1S/C22H30N4O3/c1-28-16-8-9-17(20(12-16)29-2)21-18(14-24-25-21)22(27)23-13-15-6-5-11-26-10-4-3-7-19(15)26/h8-9,12,14-15,19H,3-7,10-11,13H2,1-2H3,(H,23,27)(H,24,25). The molecule has 2 unspecified atom stereocenters. The number of benzene rings is 1. The average molecular weight is 399 g/mol. The van der Waals surface area contributed by atoms with Gasteiger partial charge in [-0.05, 0) is 56.8 Å². The third kappa shape index (κ3) is 4.10. The van der Waals surface area contributed by atoms with Crippen LogP contribution in [0.3, 0.4) is 0 Å². The predicted octanol–water partition coefficient (Wildman–Crippen LogP) is 3.09. The molecular formula is C22H30N4O3. The number of nitrogens with zero attached hydrogens (tertiary/aromatic N) is 2. The molecule has 4 rings (SSSR count). The topological polar surface area (TPSA) is 79.5 Å². The molecule has 2 fully saturated rings. The van der Waals surface area contributed by atoms with E-state index in [0.717, 1.165) is 5.56 Å². The number of rotatable bonds is 6. The molecule has 1 aromatic heterocycles. The first kappa shape index (κ1) is 19.8. The molecule has 3 heterocycles. The lowest BCUT2D eigenvalue weighted by Crippen LogP contribution is -2.51. The molecule has 2 N–H and O–H groups in total. The Balaban J connectivity index is 1.48. The summed E-state index contributed by atoms with van der Waals surface area (Å²) >= 11 is 0. The van der Waals surface area contributed by atoms with E-state index in [1.807, 2.05) is 12.1 Å². The molecule has 2 atom stereocenters. The van der Waals surface area contributed by atoms with E-state index in [0.29, 0.717) is 41.3 Å². The van der Waals surface area contributed by atoms with Gasteiger partial charge in [0.2, 0.25) is 0 Å². The summed E-state index contributed by atoms with van der Waals surface area (Å²) in [5, 5.41) is 10.2. The van der Waals surface area contributed by atoms with Crippen molar-refractivity contribution in [2.24, 2.45) is 5.92 Å². The molecule has 7 heteroatoms. The van der Waals surface area contributed by atoms with Crippen LogP contribution in [-0.2, 0) is 0 Å². The van der Waals surface area contributed by atoms with Crippen molar-refractivity contribution in [3.05, 3.63) is 30.0 Å². The Labute approximate surface area is 171 Å². The first-order valence-corrected chi connectivity index (χ1v) is 10.5. The van der Waals surface area contributed by atoms with E-state index in [4.69, 9.17) is 9.47 Å². The molecule has 1 amide bonds. The van der Waals surface area contributed by atoms with Gasteiger partial charge in [0.15, 0.2) is 0 Å². The van der Waals surface area contributed by atoms with E-state index >= 15 is 0 Å². The Morgan fingerprint density at radius 2 is 2.07 bits per heavy atom. The van der Waals surface area contributed by atoms with Gasteiger partial charge < -0.3 is 19.7 Å². The predicted molar refractivity (Wildman–Crippen MR) is 111 cm³/mol. The average Bonchev–Trinajstić information content (AvgIpc) is 3.26. The van der Waals surface area contributed by atoms with Gasteiger partial charge in [-0.25, -0.2) is 0 Å². The van der Waals surface area contributed by atoms with Crippen LogP contribution >= 0.6 is 0 Å². The third-order valence-electron chi connectivity index (χ3n) is 6.32. The van der Waals surface area contributed by atoms with Crippen LogP contribution in [0.15, 0.2) is 24.4 Å². The van der Waals surface area contributed by atoms with Crippen LogP contribution in [0.4, 0.5) is 0 Å². The zero-order valence-electron chi connectivity index (χ0n) is 17.2. The molecule has 0 saturated carbocycles. The number of hydrogen-bond donors (Lipinski definition) is 2. The van der Waals surface area contributed by atoms with Crippen molar-refractivity contribution in [1.29, 1.82) is 0 Å². The summed E-state index contributed by atoms with van der Waals surface area (Å²) in [5.74, 6) is 1.76. The molecule has 2 aromatic rings. The molecule has 1 aromatic carbocycles. The highest BCUT2D eigenvalue weighted by Crippen LogP contribution is 2.34. The molecule has 2 saturated heterocycles.